The first-order chi connectivity index (χ1) is 9.22. The van der Waals surface area contributed by atoms with E-state index in [1.807, 2.05) is 11.9 Å². The molecular weight excluding hydrogens is 236 g/mol. The summed E-state index contributed by atoms with van der Waals surface area (Å²) < 4.78 is 0. The average Bonchev–Trinajstić information content (AvgIpc) is 2.46. The molecule has 3 nitrogen and oxygen atoms in total. The lowest BCUT2D eigenvalue weighted by Crippen LogP contribution is -2.55. The van der Waals surface area contributed by atoms with Crippen molar-refractivity contribution in [1.29, 1.82) is 0 Å². The molecule has 1 N–H and O–H groups in total. The molecule has 1 aliphatic heterocycles. The Morgan fingerprint density at radius 1 is 1.16 bits per heavy atom. The summed E-state index contributed by atoms with van der Waals surface area (Å²) in [4.78, 5) is 14.4. The number of fused-ring (bicyclic) bond motifs is 1. The van der Waals surface area contributed by atoms with E-state index in [1.54, 1.807) is 0 Å². The van der Waals surface area contributed by atoms with E-state index in [4.69, 9.17) is 0 Å². The number of amides is 1. The SMILES string of the molecule is CCCCCN(C)C(=O)C1CCC2CCCCC2N1. The highest BCUT2D eigenvalue weighted by Crippen LogP contribution is 2.32. The Morgan fingerprint density at radius 3 is 2.74 bits per heavy atom. The number of piperidine rings is 1. The minimum Gasteiger partial charge on any atom is -0.344 e. The predicted octanol–water partition coefficient (Wildman–Crippen LogP) is 2.95. The van der Waals surface area contributed by atoms with Crippen LogP contribution in [-0.2, 0) is 4.79 Å². The molecule has 0 aromatic carbocycles. The number of nitrogens with zero attached hydrogens (tertiary/aromatic N) is 1. The van der Waals surface area contributed by atoms with Gasteiger partial charge in [-0.15, -0.1) is 0 Å². The Labute approximate surface area is 118 Å². The highest BCUT2D eigenvalue weighted by Gasteiger charge is 2.35. The molecule has 3 unspecified atom stereocenters. The molecule has 1 heterocycles. The van der Waals surface area contributed by atoms with Gasteiger partial charge < -0.3 is 10.2 Å². The summed E-state index contributed by atoms with van der Waals surface area (Å²) in [7, 11) is 1.96. The second kappa shape index (κ2) is 7.28. The second-order valence-electron chi connectivity index (χ2n) is 6.41. The molecule has 3 atom stereocenters. The minimum atomic E-state index is 0.0889. The topological polar surface area (TPSA) is 32.3 Å². The fourth-order valence-electron chi connectivity index (χ4n) is 3.67. The molecule has 3 heteroatoms. The molecule has 0 aromatic rings. The largest absolute Gasteiger partial charge is 0.344 e. The van der Waals surface area contributed by atoms with Gasteiger partial charge in [0.15, 0.2) is 0 Å². The van der Waals surface area contributed by atoms with Crippen molar-refractivity contribution < 1.29 is 4.79 Å². The van der Waals surface area contributed by atoms with Crippen LogP contribution in [0.5, 0.6) is 0 Å². The van der Waals surface area contributed by atoms with Gasteiger partial charge in [-0.05, 0) is 38.0 Å². The normalized spacial score (nSPS) is 30.7. The van der Waals surface area contributed by atoms with Gasteiger partial charge in [0.05, 0.1) is 6.04 Å². The molecule has 2 aliphatic rings. The monoisotopic (exact) mass is 266 g/mol. The number of nitrogens with one attached hydrogen (secondary N) is 1. The zero-order chi connectivity index (χ0) is 13.7. The number of carbonyl (C=O) groups excluding carboxylic acids is 1. The van der Waals surface area contributed by atoms with E-state index in [2.05, 4.69) is 12.2 Å². The molecule has 0 bridgehead atoms. The lowest BCUT2D eigenvalue weighted by atomic mass is 9.77. The Bertz CT molecular complexity index is 292. The maximum absolute atomic E-state index is 12.4. The predicted molar refractivity (Wildman–Crippen MR) is 79.1 cm³/mol. The molecule has 110 valence electrons. The molecule has 0 aromatic heterocycles. The standard InChI is InChI=1S/C16H30N2O/c1-3-4-7-12-18(2)16(19)15-11-10-13-8-5-6-9-14(13)17-15/h13-15,17H,3-12H2,1-2H3. The summed E-state index contributed by atoms with van der Waals surface area (Å²) in [6.07, 6.45) is 11.2. The van der Waals surface area contributed by atoms with Gasteiger partial charge in [-0.3, -0.25) is 4.79 Å². The lowest BCUT2D eigenvalue weighted by Gasteiger charge is -2.40. The van der Waals surface area contributed by atoms with Crippen molar-refractivity contribution in [1.82, 2.24) is 10.2 Å². The van der Waals surface area contributed by atoms with Crippen molar-refractivity contribution in [3.05, 3.63) is 0 Å². The fourth-order valence-corrected chi connectivity index (χ4v) is 3.67. The molecule has 1 aliphatic carbocycles. The summed E-state index contributed by atoms with van der Waals surface area (Å²) in [6, 6.07) is 0.700. The molecule has 1 amide bonds. The number of hydrogen-bond donors (Lipinski definition) is 1. The zero-order valence-electron chi connectivity index (χ0n) is 12.7. The van der Waals surface area contributed by atoms with Crippen molar-refractivity contribution in [2.75, 3.05) is 13.6 Å². The summed E-state index contributed by atoms with van der Waals surface area (Å²) in [5.41, 5.74) is 0. The molecule has 2 fully saturated rings. The summed E-state index contributed by atoms with van der Waals surface area (Å²) >= 11 is 0. The van der Waals surface area contributed by atoms with Gasteiger partial charge in [-0.2, -0.15) is 0 Å². The number of likely N-dealkylation sites (N-methyl/N-ethyl adjacent to an activating group) is 1. The van der Waals surface area contributed by atoms with Crippen molar-refractivity contribution in [3.8, 4) is 0 Å². The highest BCUT2D eigenvalue weighted by atomic mass is 16.2. The van der Waals surface area contributed by atoms with Gasteiger partial charge in [-0.25, -0.2) is 0 Å². The Balaban J connectivity index is 1.79. The van der Waals surface area contributed by atoms with Crippen LogP contribution in [-0.4, -0.2) is 36.5 Å². The van der Waals surface area contributed by atoms with Crippen molar-refractivity contribution in [3.63, 3.8) is 0 Å². The first-order valence-electron chi connectivity index (χ1n) is 8.23. The van der Waals surface area contributed by atoms with Crippen molar-refractivity contribution >= 4 is 5.91 Å². The first kappa shape index (κ1) is 14.8. The first-order valence-corrected chi connectivity index (χ1v) is 8.23. The van der Waals surface area contributed by atoms with Gasteiger partial charge in [0.1, 0.15) is 0 Å². The van der Waals surface area contributed by atoms with E-state index < -0.39 is 0 Å². The quantitative estimate of drug-likeness (QED) is 0.776. The van der Waals surface area contributed by atoms with Crippen LogP contribution in [0, 0.1) is 5.92 Å². The third-order valence-electron chi connectivity index (χ3n) is 4.92. The van der Waals surface area contributed by atoms with Crippen LogP contribution in [0.2, 0.25) is 0 Å². The third kappa shape index (κ3) is 3.95. The maximum Gasteiger partial charge on any atom is 0.239 e. The van der Waals surface area contributed by atoms with Crippen LogP contribution in [0.1, 0.15) is 64.7 Å². The number of hydrogen-bond acceptors (Lipinski definition) is 2. The van der Waals surface area contributed by atoms with Crippen LogP contribution in [0.15, 0.2) is 0 Å². The van der Waals surface area contributed by atoms with Crippen LogP contribution in [0.25, 0.3) is 0 Å². The molecule has 1 saturated carbocycles. The minimum absolute atomic E-state index is 0.0889. The molecular formula is C16H30N2O. The number of unbranched alkanes of at least 4 members (excludes halogenated alkanes) is 2. The lowest BCUT2D eigenvalue weighted by molar-refractivity contribution is -0.133. The number of rotatable bonds is 5. The van der Waals surface area contributed by atoms with Gasteiger partial charge in [-0.1, -0.05) is 32.6 Å². The Hall–Kier alpha value is -0.570. The highest BCUT2D eigenvalue weighted by molar-refractivity contribution is 5.81. The number of carbonyl (C=O) groups is 1. The van der Waals surface area contributed by atoms with E-state index in [0.29, 0.717) is 11.9 Å². The molecule has 19 heavy (non-hydrogen) atoms. The van der Waals surface area contributed by atoms with E-state index in [9.17, 15) is 4.79 Å². The van der Waals surface area contributed by atoms with E-state index in [1.165, 1.54) is 44.9 Å². The second-order valence-corrected chi connectivity index (χ2v) is 6.41. The third-order valence-corrected chi connectivity index (χ3v) is 4.92. The van der Waals surface area contributed by atoms with Crippen molar-refractivity contribution in [2.24, 2.45) is 5.92 Å². The maximum atomic E-state index is 12.4. The molecule has 0 spiro atoms. The molecule has 0 radical (unpaired) electrons. The summed E-state index contributed by atoms with van der Waals surface area (Å²) in [5.74, 6) is 1.16. The van der Waals surface area contributed by atoms with E-state index >= 15 is 0 Å². The van der Waals surface area contributed by atoms with Gasteiger partial charge in [0.2, 0.25) is 5.91 Å². The average molecular weight is 266 g/mol. The van der Waals surface area contributed by atoms with Gasteiger partial charge >= 0.3 is 0 Å². The summed E-state index contributed by atoms with van der Waals surface area (Å²) in [5, 5.41) is 3.64. The smallest absolute Gasteiger partial charge is 0.239 e. The van der Waals surface area contributed by atoms with Gasteiger partial charge in [0, 0.05) is 19.6 Å². The van der Waals surface area contributed by atoms with Crippen LogP contribution >= 0.6 is 0 Å². The van der Waals surface area contributed by atoms with Crippen molar-refractivity contribution in [2.45, 2.75) is 76.8 Å². The Kier molecular flexibility index (Phi) is 5.68. The van der Waals surface area contributed by atoms with Crippen LogP contribution in [0.4, 0.5) is 0 Å². The zero-order valence-corrected chi connectivity index (χ0v) is 12.7. The fraction of sp³-hybridized carbons (Fsp3) is 0.938. The van der Waals surface area contributed by atoms with Crippen LogP contribution in [0.3, 0.4) is 0 Å². The Morgan fingerprint density at radius 2 is 1.95 bits per heavy atom. The van der Waals surface area contributed by atoms with Crippen LogP contribution < -0.4 is 5.32 Å². The molecule has 2 rings (SSSR count). The van der Waals surface area contributed by atoms with Gasteiger partial charge in [0.25, 0.3) is 0 Å². The summed E-state index contributed by atoms with van der Waals surface area (Å²) in [6.45, 7) is 3.12. The van der Waals surface area contributed by atoms with E-state index in [0.717, 1.165) is 25.3 Å². The molecule has 1 saturated heterocycles. The van der Waals surface area contributed by atoms with E-state index in [-0.39, 0.29) is 6.04 Å².